The zero-order chi connectivity index (χ0) is 24.9. The molecule has 1 heterocycles. The number of rotatable bonds is 6. The third kappa shape index (κ3) is 5.51. The van der Waals surface area contributed by atoms with E-state index in [0.29, 0.717) is 33.6 Å². The highest BCUT2D eigenvalue weighted by molar-refractivity contribution is 8.05. The third-order valence-electron chi connectivity index (χ3n) is 5.48. The van der Waals surface area contributed by atoms with Crippen molar-refractivity contribution in [2.24, 2.45) is 0 Å². The van der Waals surface area contributed by atoms with Crippen LogP contribution in [0.25, 0.3) is 0 Å². The van der Waals surface area contributed by atoms with Crippen LogP contribution >= 0.6 is 23.4 Å². The molecule has 1 fully saturated rings. The first kappa shape index (κ1) is 24.4. The van der Waals surface area contributed by atoms with Crippen molar-refractivity contribution in [1.29, 1.82) is 5.26 Å². The van der Waals surface area contributed by atoms with E-state index >= 15 is 0 Å². The maximum absolute atomic E-state index is 13.6. The predicted molar refractivity (Wildman–Crippen MR) is 139 cm³/mol. The van der Waals surface area contributed by atoms with Gasteiger partial charge in [0.15, 0.2) is 0 Å². The number of ether oxygens (including phenoxy) is 1. The van der Waals surface area contributed by atoms with Crippen LogP contribution in [0, 0.1) is 18.3 Å². The highest BCUT2D eigenvalue weighted by atomic mass is 35.5. The van der Waals surface area contributed by atoms with Gasteiger partial charge >= 0.3 is 0 Å². The summed E-state index contributed by atoms with van der Waals surface area (Å²) in [4.78, 5) is 28.1. The van der Waals surface area contributed by atoms with Gasteiger partial charge in [0.05, 0.1) is 12.4 Å². The largest absolute Gasteiger partial charge is 0.497 e. The van der Waals surface area contributed by atoms with Gasteiger partial charge in [-0.15, -0.1) is 0 Å². The van der Waals surface area contributed by atoms with Crippen molar-refractivity contribution in [1.82, 2.24) is 0 Å². The molecule has 0 spiro atoms. The summed E-state index contributed by atoms with van der Waals surface area (Å²) >= 11 is 7.21. The standard InChI is InChI=1S/C27H22ClN3O3S/c1-17-3-9-20(10-4-17)30-25(32)23(16-29)27-31(21-11-13-22(34-2)14-12-21)26(33)24(35-27)15-18-5-7-19(28)8-6-18/h3-14,24H,15H2,1-2H3,(H,30,32)/b27-23-. The van der Waals surface area contributed by atoms with Crippen LogP contribution in [0.15, 0.2) is 83.4 Å². The number of methoxy groups -OCH3 is 1. The van der Waals surface area contributed by atoms with Gasteiger partial charge in [-0.1, -0.05) is 53.2 Å². The quantitative estimate of drug-likeness (QED) is 0.343. The Hall–Kier alpha value is -3.73. The maximum Gasteiger partial charge on any atom is 0.269 e. The average Bonchev–Trinajstić information content (AvgIpc) is 3.17. The Bertz CT molecular complexity index is 1310. The number of amides is 2. The lowest BCUT2D eigenvalue weighted by Gasteiger charge is -2.19. The first-order chi connectivity index (χ1) is 16.9. The Kier molecular flexibility index (Phi) is 7.45. The van der Waals surface area contributed by atoms with Gasteiger partial charge in [-0.25, -0.2) is 0 Å². The number of carbonyl (C=O) groups is 2. The highest BCUT2D eigenvalue weighted by Crippen LogP contribution is 2.42. The molecule has 1 N–H and O–H groups in total. The van der Waals surface area contributed by atoms with E-state index in [1.807, 2.05) is 37.3 Å². The molecule has 8 heteroatoms. The number of halogens is 1. The lowest BCUT2D eigenvalue weighted by molar-refractivity contribution is -0.117. The van der Waals surface area contributed by atoms with E-state index in [0.717, 1.165) is 11.1 Å². The molecule has 0 saturated carbocycles. The first-order valence-corrected chi connectivity index (χ1v) is 12.1. The fourth-order valence-electron chi connectivity index (χ4n) is 3.62. The van der Waals surface area contributed by atoms with Crippen molar-refractivity contribution in [2.75, 3.05) is 17.3 Å². The lowest BCUT2D eigenvalue weighted by Crippen LogP contribution is -2.30. The topological polar surface area (TPSA) is 82.4 Å². The van der Waals surface area contributed by atoms with Crippen LogP contribution in [0.1, 0.15) is 11.1 Å². The third-order valence-corrected chi connectivity index (χ3v) is 6.99. The van der Waals surface area contributed by atoms with Crippen molar-refractivity contribution in [3.05, 3.63) is 99.5 Å². The Morgan fingerprint density at radius 2 is 1.74 bits per heavy atom. The second-order valence-corrected chi connectivity index (χ2v) is 9.55. The number of benzene rings is 3. The van der Waals surface area contributed by atoms with Gasteiger partial charge in [-0.2, -0.15) is 5.26 Å². The molecule has 1 aliphatic heterocycles. The van der Waals surface area contributed by atoms with E-state index < -0.39 is 11.2 Å². The summed E-state index contributed by atoms with van der Waals surface area (Å²) in [5.74, 6) is -0.146. The average molecular weight is 504 g/mol. The number of carbonyl (C=O) groups excluding carboxylic acids is 2. The molecule has 3 aromatic rings. The smallest absolute Gasteiger partial charge is 0.269 e. The number of nitrogens with one attached hydrogen (secondary N) is 1. The minimum absolute atomic E-state index is 0.127. The van der Waals surface area contributed by atoms with Crippen molar-refractivity contribution in [2.45, 2.75) is 18.6 Å². The molecule has 0 aliphatic carbocycles. The van der Waals surface area contributed by atoms with Gasteiger partial charge in [0.1, 0.15) is 22.4 Å². The Labute approximate surface area is 213 Å². The summed E-state index contributed by atoms with van der Waals surface area (Å²) in [6.07, 6.45) is 0.426. The van der Waals surface area contributed by atoms with Gasteiger partial charge < -0.3 is 10.1 Å². The monoisotopic (exact) mass is 503 g/mol. The van der Waals surface area contributed by atoms with E-state index in [4.69, 9.17) is 16.3 Å². The number of nitriles is 1. The molecular weight excluding hydrogens is 482 g/mol. The SMILES string of the molecule is COc1ccc(N2C(=O)C(Cc3ccc(Cl)cc3)S/C2=C(/C#N)C(=O)Nc2ccc(C)cc2)cc1. The Balaban J connectivity index is 1.71. The number of nitrogens with zero attached hydrogens (tertiary/aromatic N) is 2. The van der Waals surface area contributed by atoms with Gasteiger partial charge in [-0.05, 0) is 67.4 Å². The van der Waals surface area contributed by atoms with E-state index in [1.165, 1.54) is 16.7 Å². The second kappa shape index (κ2) is 10.7. The van der Waals surface area contributed by atoms with Crippen molar-refractivity contribution in [3.8, 4) is 11.8 Å². The number of hydrogen-bond donors (Lipinski definition) is 1. The molecule has 6 nitrogen and oxygen atoms in total. The molecule has 1 atom stereocenters. The fraction of sp³-hybridized carbons (Fsp3) is 0.148. The zero-order valence-electron chi connectivity index (χ0n) is 19.1. The van der Waals surface area contributed by atoms with Gasteiger partial charge in [-0.3, -0.25) is 14.5 Å². The van der Waals surface area contributed by atoms with Crippen LogP contribution in [-0.4, -0.2) is 24.2 Å². The summed E-state index contributed by atoms with van der Waals surface area (Å²) in [6, 6.07) is 23.5. The number of thioether (sulfide) groups is 1. The fourth-order valence-corrected chi connectivity index (χ4v) is 5.05. The summed E-state index contributed by atoms with van der Waals surface area (Å²) in [5.41, 5.74) is 2.97. The van der Waals surface area contributed by atoms with Gasteiger partial charge in [0.25, 0.3) is 5.91 Å². The maximum atomic E-state index is 13.6. The van der Waals surface area contributed by atoms with Crippen LogP contribution in [0.4, 0.5) is 11.4 Å². The number of aryl methyl sites for hydroxylation is 1. The van der Waals surface area contributed by atoms with Crippen LogP contribution in [0.3, 0.4) is 0 Å². The lowest BCUT2D eigenvalue weighted by atomic mass is 10.1. The van der Waals surface area contributed by atoms with Gasteiger partial charge in [0.2, 0.25) is 5.91 Å². The molecule has 176 valence electrons. The second-order valence-electron chi connectivity index (χ2n) is 7.92. The molecule has 1 aliphatic rings. The highest BCUT2D eigenvalue weighted by Gasteiger charge is 2.40. The molecule has 0 bridgehead atoms. The van der Waals surface area contributed by atoms with E-state index in [-0.39, 0.29) is 11.5 Å². The zero-order valence-corrected chi connectivity index (χ0v) is 20.7. The van der Waals surface area contributed by atoms with Crippen LogP contribution in [0.5, 0.6) is 5.75 Å². The molecule has 2 amide bonds. The van der Waals surface area contributed by atoms with Crippen molar-refractivity contribution < 1.29 is 14.3 Å². The number of hydrogen-bond acceptors (Lipinski definition) is 5. The molecule has 0 aromatic heterocycles. The summed E-state index contributed by atoms with van der Waals surface area (Å²) in [6.45, 7) is 1.95. The predicted octanol–water partition coefficient (Wildman–Crippen LogP) is 5.72. The summed E-state index contributed by atoms with van der Waals surface area (Å²) < 4.78 is 5.23. The Morgan fingerprint density at radius 3 is 2.34 bits per heavy atom. The van der Waals surface area contributed by atoms with Crippen molar-refractivity contribution >= 4 is 46.6 Å². The molecule has 35 heavy (non-hydrogen) atoms. The van der Waals surface area contributed by atoms with Crippen molar-refractivity contribution in [3.63, 3.8) is 0 Å². The first-order valence-electron chi connectivity index (χ1n) is 10.8. The van der Waals surface area contributed by atoms with E-state index in [9.17, 15) is 14.9 Å². The van der Waals surface area contributed by atoms with Gasteiger partial charge in [0, 0.05) is 16.4 Å². The normalized spacial score (nSPS) is 16.6. The Morgan fingerprint density at radius 1 is 1.09 bits per heavy atom. The molecular formula is C27H22ClN3O3S. The molecule has 1 unspecified atom stereocenters. The molecule has 0 radical (unpaired) electrons. The molecule has 1 saturated heterocycles. The van der Waals surface area contributed by atoms with E-state index in [2.05, 4.69) is 5.32 Å². The molecule has 3 aromatic carbocycles. The molecule has 4 rings (SSSR count). The van der Waals surface area contributed by atoms with Crippen LogP contribution in [0.2, 0.25) is 5.02 Å². The summed E-state index contributed by atoms with van der Waals surface area (Å²) in [7, 11) is 1.56. The minimum Gasteiger partial charge on any atom is -0.497 e. The summed E-state index contributed by atoms with van der Waals surface area (Å²) in [5, 5.41) is 13.1. The van der Waals surface area contributed by atoms with E-state index in [1.54, 1.807) is 55.6 Å². The van der Waals surface area contributed by atoms with Crippen LogP contribution in [-0.2, 0) is 16.0 Å². The van der Waals surface area contributed by atoms with Crippen LogP contribution < -0.4 is 15.0 Å². The minimum atomic E-state index is -0.572. The number of anilines is 2.